The second-order valence-electron chi connectivity index (χ2n) is 4.36. The molecule has 2 radical (unpaired) electrons. The number of benzene rings is 2. The number of aromatic nitrogens is 2. The largest absolute Gasteiger partial charge is 0.359 e. The lowest BCUT2D eigenvalue weighted by Crippen LogP contribution is -1.98. The molecule has 0 fully saturated rings. The molecule has 0 amide bonds. The molecule has 4 rings (SSSR count). The zero-order valence-electron chi connectivity index (χ0n) is 9.12. The van der Waals surface area contributed by atoms with Crippen molar-refractivity contribution in [2.75, 3.05) is 0 Å². The Labute approximate surface area is 99.0 Å². The number of H-pyrrole nitrogens is 2. The highest BCUT2D eigenvalue weighted by molar-refractivity contribution is 6.33. The predicted octanol–water partition coefficient (Wildman–Crippen LogP) is 2.60. The van der Waals surface area contributed by atoms with Gasteiger partial charge in [-0.05, 0) is 12.1 Å². The molecule has 0 spiro atoms. The monoisotopic (exact) mass is 216 g/mol. The maximum Gasteiger partial charge on any atom is 0.113 e. The maximum absolute atomic E-state index is 5.81. The first kappa shape index (κ1) is 8.94. The summed E-state index contributed by atoms with van der Waals surface area (Å²) < 4.78 is 0. The molecule has 2 nitrogen and oxygen atoms in total. The molecule has 17 heavy (non-hydrogen) atoms. The highest BCUT2D eigenvalue weighted by atomic mass is 14.8. The zero-order chi connectivity index (χ0) is 11.4. The Morgan fingerprint density at radius 3 is 2.71 bits per heavy atom. The first-order valence-corrected chi connectivity index (χ1v) is 5.60. The fraction of sp³-hybridized carbons (Fsp3) is 0. The van der Waals surface area contributed by atoms with Crippen LogP contribution >= 0.6 is 0 Å². The number of hydrogen-bond donors (Lipinski definition) is 2. The second-order valence-corrected chi connectivity index (χ2v) is 4.36. The first-order chi connectivity index (χ1) is 8.33. The summed E-state index contributed by atoms with van der Waals surface area (Å²) in [5, 5.41) is 3.66. The smallest absolute Gasteiger partial charge is 0.113 e. The molecular formula is C14H9BN2. The van der Waals surface area contributed by atoms with Crippen LogP contribution in [0.2, 0.25) is 0 Å². The van der Waals surface area contributed by atoms with Gasteiger partial charge in [-0.3, -0.25) is 0 Å². The van der Waals surface area contributed by atoms with E-state index in [1.807, 2.05) is 18.3 Å². The van der Waals surface area contributed by atoms with Crippen molar-refractivity contribution in [2.45, 2.75) is 0 Å². The van der Waals surface area contributed by atoms with Gasteiger partial charge in [0.15, 0.2) is 0 Å². The molecule has 0 atom stereocenters. The average molecular weight is 216 g/mol. The summed E-state index contributed by atoms with van der Waals surface area (Å²) in [6.45, 7) is 0. The lowest BCUT2D eigenvalue weighted by atomic mass is 9.95. The van der Waals surface area contributed by atoms with Crippen LogP contribution in [0, 0.1) is 0 Å². The molecule has 2 aromatic heterocycles. The van der Waals surface area contributed by atoms with Crippen molar-refractivity contribution < 1.29 is 0 Å². The van der Waals surface area contributed by atoms with Crippen LogP contribution in [0.4, 0.5) is 0 Å². The van der Waals surface area contributed by atoms with Crippen molar-refractivity contribution in [3.8, 4) is 0 Å². The third-order valence-corrected chi connectivity index (χ3v) is 3.32. The van der Waals surface area contributed by atoms with Crippen molar-refractivity contribution in [1.29, 1.82) is 0 Å². The van der Waals surface area contributed by atoms with E-state index in [-0.39, 0.29) is 0 Å². The van der Waals surface area contributed by atoms with Crippen LogP contribution in [0.25, 0.3) is 32.7 Å². The van der Waals surface area contributed by atoms with E-state index in [4.69, 9.17) is 7.85 Å². The maximum atomic E-state index is 5.81. The van der Waals surface area contributed by atoms with Gasteiger partial charge in [0.25, 0.3) is 0 Å². The predicted molar refractivity (Wildman–Crippen MR) is 73.0 cm³/mol. The lowest BCUT2D eigenvalue weighted by molar-refractivity contribution is 1.47. The molecule has 3 heteroatoms. The lowest BCUT2D eigenvalue weighted by Gasteiger charge is -1.93. The molecule has 4 aromatic rings. The van der Waals surface area contributed by atoms with Crippen molar-refractivity contribution in [3.05, 3.63) is 42.6 Å². The van der Waals surface area contributed by atoms with Gasteiger partial charge in [0.05, 0.1) is 11.0 Å². The van der Waals surface area contributed by atoms with Crippen LogP contribution in [-0.4, -0.2) is 17.8 Å². The Balaban J connectivity index is 2.32. The van der Waals surface area contributed by atoms with E-state index in [2.05, 4.69) is 34.2 Å². The SMILES string of the molecule is [B]c1ccc2c(c1)[nH]c1c2ccc2cc[nH]c21. The summed E-state index contributed by atoms with van der Waals surface area (Å²) in [5.74, 6) is 0. The number of fused-ring (bicyclic) bond motifs is 5. The summed E-state index contributed by atoms with van der Waals surface area (Å²) in [7, 11) is 5.81. The molecule has 0 saturated heterocycles. The van der Waals surface area contributed by atoms with Gasteiger partial charge in [-0.15, -0.1) is 0 Å². The van der Waals surface area contributed by atoms with Crippen LogP contribution in [-0.2, 0) is 0 Å². The van der Waals surface area contributed by atoms with E-state index in [0.717, 1.165) is 22.0 Å². The molecule has 0 bridgehead atoms. The first-order valence-electron chi connectivity index (χ1n) is 5.60. The zero-order valence-corrected chi connectivity index (χ0v) is 9.12. The number of rotatable bonds is 0. The standard InChI is InChI=1S/C14H9BN2/c15-9-2-4-10-11-3-1-8-5-6-16-13(8)14(11)17-12(10)7-9/h1-7,16-17H. The molecule has 78 valence electrons. The minimum Gasteiger partial charge on any atom is -0.359 e. The molecule has 0 unspecified atom stereocenters. The molecule has 0 aliphatic carbocycles. The molecular weight excluding hydrogens is 207 g/mol. The van der Waals surface area contributed by atoms with Crippen LogP contribution in [0.5, 0.6) is 0 Å². The highest BCUT2D eigenvalue weighted by Crippen LogP contribution is 2.29. The van der Waals surface area contributed by atoms with E-state index < -0.39 is 0 Å². The van der Waals surface area contributed by atoms with E-state index in [1.54, 1.807) is 0 Å². The molecule has 2 aromatic carbocycles. The summed E-state index contributed by atoms with van der Waals surface area (Å²) in [4.78, 5) is 6.71. The molecule has 2 N–H and O–H groups in total. The van der Waals surface area contributed by atoms with E-state index in [0.29, 0.717) is 0 Å². The summed E-state index contributed by atoms with van der Waals surface area (Å²) in [5.41, 5.74) is 4.17. The topological polar surface area (TPSA) is 31.6 Å². The van der Waals surface area contributed by atoms with Gasteiger partial charge in [-0.1, -0.05) is 29.7 Å². The van der Waals surface area contributed by atoms with Gasteiger partial charge >= 0.3 is 0 Å². The van der Waals surface area contributed by atoms with Gasteiger partial charge in [0, 0.05) is 27.9 Å². The van der Waals surface area contributed by atoms with Gasteiger partial charge in [-0.2, -0.15) is 0 Å². The fourth-order valence-electron chi connectivity index (χ4n) is 2.52. The third kappa shape index (κ3) is 1.11. The van der Waals surface area contributed by atoms with Crippen molar-refractivity contribution >= 4 is 46.0 Å². The molecule has 0 saturated carbocycles. The number of hydrogen-bond acceptors (Lipinski definition) is 0. The van der Waals surface area contributed by atoms with E-state index in [1.165, 1.54) is 16.2 Å². The summed E-state index contributed by atoms with van der Waals surface area (Å²) in [6, 6.07) is 12.4. The van der Waals surface area contributed by atoms with E-state index in [9.17, 15) is 0 Å². The minimum atomic E-state index is 0.784. The fourth-order valence-corrected chi connectivity index (χ4v) is 2.52. The van der Waals surface area contributed by atoms with E-state index >= 15 is 0 Å². The van der Waals surface area contributed by atoms with Crippen LogP contribution in [0.3, 0.4) is 0 Å². The van der Waals surface area contributed by atoms with Crippen molar-refractivity contribution in [1.82, 2.24) is 9.97 Å². The quantitative estimate of drug-likeness (QED) is 0.423. The van der Waals surface area contributed by atoms with Gasteiger partial charge in [0.1, 0.15) is 7.85 Å². The number of nitrogens with one attached hydrogen (secondary N) is 2. The average Bonchev–Trinajstić information content (AvgIpc) is 2.90. The Morgan fingerprint density at radius 2 is 1.76 bits per heavy atom. The van der Waals surface area contributed by atoms with Crippen molar-refractivity contribution in [2.24, 2.45) is 0 Å². The van der Waals surface area contributed by atoms with Gasteiger partial charge in [0.2, 0.25) is 0 Å². The normalized spacial score (nSPS) is 11.8. The minimum absolute atomic E-state index is 0.784. The van der Waals surface area contributed by atoms with Gasteiger partial charge in [-0.25, -0.2) is 0 Å². The van der Waals surface area contributed by atoms with Crippen LogP contribution in [0.1, 0.15) is 0 Å². The van der Waals surface area contributed by atoms with Crippen LogP contribution < -0.4 is 5.46 Å². The third-order valence-electron chi connectivity index (χ3n) is 3.32. The van der Waals surface area contributed by atoms with Gasteiger partial charge < -0.3 is 9.97 Å². The highest BCUT2D eigenvalue weighted by Gasteiger charge is 2.07. The summed E-state index contributed by atoms with van der Waals surface area (Å²) >= 11 is 0. The Kier molecular flexibility index (Phi) is 1.55. The summed E-state index contributed by atoms with van der Waals surface area (Å²) in [6.07, 6.45) is 1.96. The van der Waals surface area contributed by atoms with Crippen LogP contribution in [0.15, 0.2) is 42.6 Å². The Hall–Kier alpha value is -2.16. The molecule has 0 aliphatic heterocycles. The second kappa shape index (κ2) is 2.95. The Morgan fingerprint density at radius 1 is 0.882 bits per heavy atom. The van der Waals surface area contributed by atoms with Crippen molar-refractivity contribution in [3.63, 3.8) is 0 Å². The number of aromatic amines is 2. The Bertz CT molecular complexity index is 854. The molecule has 0 aliphatic rings. The molecule has 2 heterocycles.